The van der Waals surface area contributed by atoms with Crippen LogP contribution in [0.1, 0.15) is 68.4 Å². The molecule has 0 bridgehead atoms. The Morgan fingerprint density at radius 2 is 2.09 bits per heavy atom. The second kappa shape index (κ2) is 6.16. The fourth-order valence-electron chi connectivity index (χ4n) is 3.18. The number of hydrogen-bond donors (Lipinski definition) is 1. The zero-order chi connectivity index (χ0) is 15.7. The van der Waals surface area contributed by atoms with Gasteiger partial charge in [0.1, 0.15) is 17.5 Å². The highest BCUT2D eigenvalue weighted by Gasteiger charge is 2.28. The van der Waals surface area contributed by atoms with Crippen LogP contribution in [0, 0.1) is 6.92 Å². The van der Waals surface area contributed by atoms with Gasteiger partial charge in [-0.3, -0.25) is 10.00 Å². The third-order valence-electron chi connectivity index (χ3n) is 4.39. The van der Waals surface area contributed by atoms with E-state index in [4.69, 9.17) is 0 Å². The number of H-pyrrole nitrogens is 1. The average molecular weight is 303 g/mol. The van der Waals surface area contributed by atoms with Crippen molar-refractivity contribution in [2.75, 3.05) is 6.54 Å². The second-order valence-corrected chi connectivity index (χ2v) is 6.45. The van der Waals surface area contributed by atoms with Crippen molar-refractivity contribution in [2.24, 2.45) is 7.05 Å². The first-order valence-electron chi connectivity index (χ1n) is 8.07. The van der Waals surface area contributed by atoms with Gasteiger partial charge in [-0.05, 0) is 26.3 Å². The van der Waals surface area contributed by atoms with Crippen LogP contribution in [0.5, 0.6) is 0 Å². The number of rotatable bonds is 4. The van der Waals surface area contributed by atoms with Crippen molar-refractivity contribution < 1.29 is 0 Å². The molecule has 0 radical (unpaired) electrons. The molecule has 0 saturated carbocycles. The lowest BCUT2D eigenvalue weighted by Gasteiger charge is -2.33. The Morgan fingerprint density at radius 1 is 1.27 bits per heavy atom. The van der Waals surface area contributed by atoms with E-state index in [1.165, 1.54) is 12.8 Å². The van der Waals surface area contributed by atoms with E-state index in [1.54, 1.807) is 0 Å². The molecule has 3 heterocycles. The first-order valence-corrected chi connectivity index (χ1v) is 8.07. The van der Waals surface area contributed by atoms with E-state index in [0.717, 1.165) is 42.8 Å². The summed E-state index contributed by atoms with van der Waals surface area (Å²) in [6, 6.07) is 0.276. The normalized spacial score (nSPS) is 20.0. The average Bonchev–Trinajstić information content (AvgIpc) is 3.07. The highest BCUT2D eigenvalue weighted by molar-refractivity contribution is 5.02. The largest absolute Gasteiger partial charge is 0.317 e. The first-order chi connectivity index (χ1) is 10.6. The van der Waals surface area contributed by atoms with Crippen LogP contribution in [0.25, 0.3) is 0 Å². The minimum Gasteiger partial charge on any atom is -0.317 e. The molecule has 1 atom stereocenters. The van der Waals surface area contributed by atoms with Gasteiger partial charge in [-0.15, -0.1) is 10.2 Å². The zero-order valence-electron chi connectivity index (χ0n) is 13.9. The smallest absolute Gasteiger partial charge is 0.167 e. The second-order valence-electron chi connectivity index (χ2n) is 6.45. The lowest BCUT2D eigenvalue weighted by molar-refractivity contribution is 0.129. The van der Waals surface area contributed by atoms with Gasteiger partial charge in [0.15, 0.2) is 5.82 Å². The maximum Gasteiger partial charge on any atom is 0.167 e. The molecule has 0 aromatic carbocycles. The van der Waals surface area contributed by atoms with Crippen LogP contribution >= 0.6 is 0 Å². The first kappa shape index (κ1) is 15.1. The number of aromatic amines is 1. The number of aromatic nitrogens is 6. The summed E-state index contributed by atoms with van der Waals surface area (Å²) in [6.07, 6.45) is 3.55. The van der Waals surface area contributed by atoms with Crippen LogP contribution in [0.2, 0.25) is 0 Å². The summed E-state index contributed by atoms with van der Waals surface area (Å²) in [5, 5.41) is 16.0. The molecule has 7 heteroatoms. The van der Waals surface area contributed by atoms with Gasteiger partial charge in [-0.1, -0.05) is 20.3 Å². The Kier molecular flexibility index (Phi) is 4.24. The van der Waals surface area contributed by atoms with Gasteiger partial charge >= 0.3 is 0 Å². The number of likely N-dealkylation sites (tertiary alicyclic amines) is 1. The van der Waals surface area contributed by atoms with E-state index in [2.05, 4.69) is 55.7 Å². The maximum atomic E-state index is 4.53. The summed E-state index contributed by atoms with van der Waals surface area (Å²) >= 11 is 0. The van der Waals surface area contributed by atoms with Gasteiger partial charge in [0.2, 0.25) is 0 Å². The summed E-state index contributed by atoms with van der Waals surface area (Å²) in [7, 11) is 2.06. The van der Waals surface area contributed by atoms with Crippen LogP contribution in [-0.2, 0) is 13.6 Å². The number of piperidine rings is 1. The molecule has 0 unspecified atom stereocenters. The summed E-state index contributed by atoms with van der Waals surface area (Å²) in [5.41, 5.74) is 0. The van der Waals surface area contributed by atoms with E-state index in [0.29, 0.717) is 5.92 Å². The van der Waals surface area contributed by atoms with Crippen LogP contribution < -0.4 is 0 Å². The number of nitrogens with one attached hydrogen (secondary N) is 1. The third-order valence-corrected chi connectivity index (χ3v) is 4.39. The molecule has 2 aromatic heterocycles. The molecule has 0 spiro atoms. The fourth-order valence-corrected chi connectivity index (χ4v) is 3.18. The van der Waals surface area contributed by atoms with Gasteiger partial charge in [0, 0.05) is 13.0 Å². The SMILES string of the molecule is Cc1nc([C@H]2CCCCN2Cc2nnc(C(C)C)n2C)n[nH]1. The van der Waals surface area contributed by atoms with Crippen molar-refractivity contribution in [3.63, 3.8) is 0 Å². The number of hydrogen-bond acceptors (Lipinski definition) is 5. The number of nitrogens with zero attached hydrogens (tertiary/aromatic N) is 6. The fraction of sp³-hybridized carbons (Fsp3) is 0.733. The lowest BCUT2D eigenvalue weighted by atomic mass is 10.0. The Balaban J connectivity index is 1.80. The predicted molar refractivity (Wildman–Crippen MR) is 83.2 cm³/mol. The van der Waals surface area contributed by atoms with Crippen molar-refractivity contribution >= 4 is 0 Å². The van der Waals surface area contributed by atoms with Crippen LogP contribution in [0.4, 0.5) is 0 Å². The molecule has 22 heavy (non-hydrogen) atoms. The summed E-state index contributed by atoms with van der Waals surface area (Å²) < 4.78 is 2.12. The van der Waals surface area contributed by atoms with E-state index in [-0.39, 0.29) is 6.04 Å². The number of aryl methyl sites for hydroxylation is 1. The Labute approximate surface area is 131 Å². The third kappa shape index (κ3) is 2.90. The van der Waals surface area contributed by atoms with Gasteiger partial charge in [0.25, 0.3) is 0 Å². The molecule has 3 rings (SSSR count). The quantitative estimate of drug-likeness (QED) is 0.936. The summed E-state index contributed by atoms with van der Waals surface area (Å²) in [6.45, 7) is 8.10. The van der Waals surface area contributed by atoms with Crippen molar-refractivity contribution in [3.05, 3.63) is 23.3 Å². The molecule has 1 aliphatic heterocycles. The van der Waals surface area contributed by atoms with Gasteiger partial charge < -0.3 is 4.57 Å². The highest BCUT2D eigenvalue weighted by atomic mass is 15.3. The van der Waals surface area contributed by atoms with Gasteiger partial charge in [-0.25, -0.2) is 4.98 Å². The van der Waals surface area contributed by atoms with Crippen LogP contribution in [-0.4, -0.2) is 41.4 Å². The molecular weight excluding hydrogens is 278 g/mol. The molecule has 120 valence electrons. The molecule has 0 aliphatic carbocycles. The molecule has 1 saturated heterocycles. The maximum absolute atomic E-state index is 4.53. The van der Waals surface area contributed by atoms with Crippen molar-refractivity contribution in [2.45, 2.75) is 58.5 Å². The lowest BCUT2D eigenvalue weighted by Crippen LogP contribution is -2.34. The molecule has 1 aliphatic rings. The van der Waals surface area contributed by atoms with Crippen LogP contribution in [0.15, 0.2) is 0 Å². The summed E-state index contributed by atoms with van der Waals surface area (Å²) in [5.74, 6) is 4.23. The van der Waals surface area contributed by atoms with Gasteiger partial charge in [0.05, 0.1) is 12.6 Å². The highest BCUT2D eigenvalue weighted by Crippen LogP contribution is 2.30. The van der Waals surface area contributed by atoms with E-state index >= 15 is 0 Å². The van der Waals surface area contributed by atoms with Crippen molar-refractivity contribution in [1.29, 1.82) is 0 Å². The zero-order valence-corrected chi connectivity index (χ0v) is 13.9. The Morgan fingerprint density at radius 3 is 2.73 bits per heavy atom. The van der Waals surface area contributed by atoms with Crippen LogP contribution in [0.3, 0.4) is 0 Å². The minimum atomic E-state index is 0.276. The molecular formula is C15H25N7. The molecule has 0 amide bonds. The summed E-state index contributed by atoms with van der Waals surface area (Å²) in [4.78, 5) is 6.96. The predicted octanol–water partition coefficient (Wildman–Crippen LogP) is 2.09. The standard InChI is InChI=1S/C15H25N7/c1-10(2)15-20-18-13(21(15)4)9-22-8-6-5-7-12(22)14-16-11(3)17-19-14/h10,12H,5-9H2,1-4H3,(H,16,17,19)/t12-/m1/s1. The monoisotopic (exact) mass is 303 g/mol. The topological polar surface area (TPSA) is 75.5 Å². The molecule has 1 N–H and O–H groups in total. The van der Waals surface area contributed by atoms with E-state index in [1.807, 2.05) is 6.92 Å². The van der Waals surface area contributed by atoms with Gasteiger partial charge in [-0.2, -0.15) is 5.10 Å². The molecule has 2 aromatic rings. The van der Waals surface area contributed by atoms with Crippen molar-refractivity contribution in [1.82, 2.24) is 34.8 Å². The Bertz CT molecular complexity index is 628. The van der Waals surface area contributed by atoms with E-state index < -0.39 is 0 Å². The molecule has 7 nitrogen and oxygen atoms in total. The van der Waals surface area contributed by atoms with E-state index in [9.17, 15) is 0 Å². The van der Waals surface area contributed by atoms with Crippen molar-refractivity contribution in [3.8, 4) is 0 Å². The Hall–Kier alpha value is -1.76. The minimum absolute atomic E-state index is 0.276. The molecule has 1 fully saturated rings.